The first-order chi connectivity index (χ1) is 8.38. The maximum absolute atomic E-state index is 5.18. The van der Waals surface area contributed by atoms with Gasteiger partial charge in [-0.25, -0.2) is 4.98 Å². The van der Waals surface area contributed by atoms with Gasteiger partial charge >= 0.3 is 0 Å². The molecule has 2 aromatic rings. The van der Waals surface area contributed by atoms with E-state index in [1.54, 1.807) is 7.11 Å². The number of rotatable bonds is 2. The van der Waals surface area contributed by atoms with Crippen molar-refractivity contribution in [1.29, 1.82) is 0 Å². The lowest BCUT2D eigenvalue weighted by molar-refractivity contribution is 0.415. The molecule has 0 saturated carbocycles. The molecule has 4 heteroatoms. The number of hydrogen-bond acceptors (Lipinski definition) is 2. The summed E-state index contributed by atoms with van der Waals surface area (Å²) in [5.74, 6) is 2.12. The molecule has 0 radical (unpaired) electrons. The summed E-state index contributed by atoms with van der Waals surface area (Å²) in [6, 6.07) is 8.19. The van der Waals surface area contributed by atoms with Crippen molar-refractivity contribution in [3.8, 4) is 17.0 Å². The quantitative estimate of drug-likeness (QED) is 0.832. The van der Waals surface area contributed by atoms with E-state index < -0.39 is 0 Å². The largest absolute Gasteiger partial charge is 0.497 e. The first-order valence-corrected chi connectivity index (χ1v) is 6.07. The van der Waals surface area contributed by atoms with Crippen molar-refractivity contribution in [3.63, 3.8) is 0 Å². The van der Waals surface area contributed by atoms with Crippen molar-refractivity contribution in [1.82, 2.24) is 9.55 Å². The Kier molecular flexibility index (Phi) is 3.92. The van der Waals surface area contributed by atoms with Crippen LogP contribution in [0, 0.1) is 0 Å². The van der Waals surface area contributed by atoms with Crippen molar-refractivity contribution >= 4 is 12.4 Å². The fourth-order valence-electron chi connectivity index (χ4n) is 2.41. The molecule has 1 aromatic carbocycles. The minimum Gasteiger partial charge on any atom is -0.497 e. The highest BCUT2D eigenvalue weighted by molar-refractivity contribution is 5.85. The molecular weight excluding hydrogens is 248 g/mol. The van der Waals surface area contributed by atoms with Crippen molar-refractivity contribution in [3.05, 3.63) is 36.3 Å². The molecule has 0 amide bonds. The number of aryl methyl sites for hydroxylation is 1. The highest BCUT2D eigenvalue weighted by Gasteiger charge is 2.14. The van der Waals surface area contributed by atoms with Gasteiger partial charge in [0.05, 0.1) is 19.0 Å². The molecule has 2 heterocycles. The van der Waals surface area contributed by atoms with E-state index in [1.807, 2.05) is 18.3 Å². The third kappa shape index (κ3) is 2.23. The molecule has 0 N–H and O–H groups in total. The molecule has 0 aliphatic carbocycles. The van der Waals surface area contributed by atoms with Crippen LogP contribution < -0.4 is 4.74 Å². The van der Waals surface area contributed by atoms with E-state index in [2.05, 4.69) is 21.7 Å². The smallest absolute Gasteiger partial charge is 0.118 e. The molecule has 0 unspecified atom stereocenters. The molecule has 1 aliphatic heterocycles. The summed E-state index contributed by atoms with van der Waals surface area (Å²) in [5.41, 5.74) is 2.44. The number of aromatic nitrogens is 2. The van der Waals surface area contributed by atoms with Crippen molar-refractivity contribution in [2.24, 2.45) is 0 Å². The Morgan fingerprint density at radius 1 is 1.17 bits per heavy atom. The lowest BCUT2D eigenvalue weighted by Crippen LogP contribution is -2.11. The van der Waals surface area contributed by atoms with E-state index in [0.29, 0.717) is 0 Å². The molecular formula is C14H17ClN2O. The fourth-order valence-corrected chi connectivity index (χ4v) is 2.41. The highest BCUT2D eigenvalue weighted by Crippen LogP contribution is 2.26. The molecule has 1 aliphatic rings. The maximum atomic E-state index is 5.18. The summed E-state index contributed by atoms with van der Waals surface area (Å²) in [7, 11) is 1.69. The van der Waals surface area contributed by atoms with Gasteiger partial charge in [-0.2, -0.15) is 0 Å². The predicted octanol–water partition coefficient (Wildman–Crippen LogP) is 3.32. The molecule has 96 valence electrons. The van der Waals surface area contributed by atoms with Gasteiger partial charge in [0, 0.05) is 18.5 Å². The third-order valence-electron chi connectivity index (χ3n) is 3.36. The van der Waals surface area contributed by atoms with Crippen LogP contribution >= 0.6 is 12.4 Å². The van der Waals surface area contributed by atoms with Gasteiger partial charge in [0.25, 0.3) is 0 Å². The second-order valence-electron chi connectivity index (χ2n) is 4.40. The van der Waals surface area contributed by atoms with Gasteiger partial charge in [0.15, 0.2) is 0 Å². The van der Waals surface area contributed by atoms with E-state index in [4.69, 9.17) is 4.74 Å². The van der Waals surface area contributed by atoms with E-state index in [-0.39, 0.29) is 12.4 Å². The Hall–Kier alpha value is -1.48. The Balaban J connectivity index is 0.00000120. The van der Waals surface area contributed by atoms with E-state index in [0.717, 1.165) is 18.7 Å². The van der Waals surface area contributed by atoms with Crippen molar-refractivity contribution in [2.45, 2.75) is 25.8 Å². The zero-order chi connectivity index (χ0) is 11.7. The summed E-state index contributed by atoms with van der Waals surface area (Å²) < 4.78 is 7.52. The van der Waals surface area contributed by atoms with Gasteiger partial charge in [0.1, 0.15) is 11.6 Å². The van der Waals surface area contributed by atoms with Crippen LogP contribution in [0.5, 0.6) is 5.75 Å². The lowest BCUT2D eigenvalue weighted by Gasteiger charge is -2.16. The third-order valence-corrected chi connectivity index (χ3v) is 3.36. The summed E-state index contributed by atoms with van der Waals surface area (Å²) in [6.07, 6.45) is 5.62. The number of halogens is 1. The highest BCUT2D eigenvalue weighted by atomic mass is 35.5. The van der Waals surface area contributed by atoms with Crippen LogP contribution in [0.4, 0.5) is 0 Å². The summed E-state index contributed by atoms with van der Waals surface area (Å²) in [5, 5.41) is 0. The van der Waals surface area contributed by atoms with Crippen LogP contribution in [0.3, 0.4) is 0 Å². The van der Waals surface area contributed by atoms with E-state index >= 15 is 0 Å². The average molecular weight is 265 g/mol. The van der Waals surface area contributed by atoms with Crippen LogP contribution in [-0.2, 0) is 13.0 Å². The van der Waals surface area contributed by atoms with Crippen LogP contribution in [0.2, 0.25) is 0 Å². The van der Waals surface area contributed by atoms with Crippen molar-refractivity contribution < 1.29 is 4.74 Å². The van der Waals surface area contributed by atoms with Gasteiger partial charge in [0.2, 0.25) is 0 Å². The molecule has 0 atom stereocenters. The second kappa shape index (κ2) is 5.44. The number of ether oxygens (including phenoxy) is 1. The predicted molar refractivity (Wildman–Crippen MR) is 74.4 cm³/mol. The minimum atomic E-state index is 0. The van der Waals surface area contributed by atoms with Gasteiger partial charge in [-0.15, -0.1) is 12.4 Å². The molecule has 0 saturated heterocycles. The normalized spacial score (nSPS) is 13.6. The second-order valence-corrected chi connectivity index (χ2v) is 4.40. The summed E-state index contributed by atoms with van der Waals surface area (Å²) in [4.78, 5) is 4.51. The van der Waals surface area contributed by atoms with Crippen LogP contribution in [-0.4, -0.2) is 16.7 Å². The molecule has 0 fully saturated rings. The number of methoxy groups -OCH3 is 1. The van der Waals surface area contributed by atoms with Gasteiger partial charge in [-0.1, -0.05) is 0 Å². The van der Waals surface area contributed by atoms with E-state index in [9.17, 15) is 0 Å². The number of benzene rings is 1. The molecule has 3 nitrogen and oxygen atoms in total. The average Bonchev–Trinajstić information content (AvgIpc) is 2.83. The van der Waals surface area contributed by atoms with Crippen molar-refractivity contribution in [2.75, 3.05) is 7.11 Å². The van der Waals surface area contributed by atoms with Crippen LogP contribution in [0.15, 0.2) is 30.5 Å². The van der Waals surface area contributed by atoms with Gasteiger partial charge in [-0.3, -0.25) is 0 Å². The summed E-state index contributed by atoms with van der Waals surface area (Å²) in [6.45, 7) is 1.09. The number of nitrogens with zero attached hydrogens (tertiary/aromatic N) is 2. The maximum Gasteiger partial charge on any atom is 0.118 e. The Bertz CT molecular complexity index is 519. The van der Waals surface area contributed by atoms with Gasteiger partial charge in [-0.05, 0) is 37.1 Å². The minimum absolute atomic E-state index is 0. The topological polar surface area (TPSA) is 27.1 Å². The number of fused-ring (bicyclic) bond motifs is 1. The molecule has 18 heavy (non-hydrogen) atoms. The van der Waals surface area contributed by atoms with Crippen LogP contribution in [0.1, 0.15) is 18.7 Å². The van der Waals surface area contributed by atoms with Gasteiger partial charge < -0.3 is 9.30 Å². The fraction of sp³-hybridized carbons (Fsp3) is 0.357. The standard InChI is InChI=1S/C14H16N2O.ClH/c1-17-12-7-5-11(6-8-12)13-10-15-14-4-2-3-9-16(13)14;/h5-8,10H,2-4,9H2,1H3;1H. The van der Waals surface area contributed by atoms with E-state index in [1.165, 1.54) is 29.9 Å². The monoisotopic (exact) mass is 264 g/mol. The zero-order valence-electron chi connectivity index (χ0n) is 10.4. The Morgan fingerprint density at radius 3 is 2.67 bits per heavy atom. The summed E-state index contributed by atoms with van der Waals surface area (Å²) >= 11 is 0. The Morgan fingerprint density at radius 2 is 1.94 bits per heavy atom. The number of hydrogen-bond donors (Lipinski definition) is 0. The van der Waals surface area contributed by atoms with Crippen LogP contribution in [0.25, 0.3) is 11.3 Å². The number of imidazole rings is 1. The first-order valence-electron chi connectivity index (χ1n) is 6.07. The Labute approximate surface area is 113 Å². The first kappa shape index (κ1) is 13.0. The zero-order valence-corrected chi connectivity index (χ0v) is 11.2. The SMILES string of the molecule is COc1ccc(-c2cnc3n2CCCC3)cc1.Cl. The molecule has 1 aromatic heterocycles. The molecule has 3 rings (SSSR count). The molecule has 0 bridgehead atoms. The molecule has 0 spiro atoms. The lowest BCUT2D eigenvalue weighted by atomic mass is 10.1.